The van der Waals surface area contributed by atoms with Crippen LogP contribution in [0.3, 0.4) is 0 Å². The molecule has 5 nitrogen and oxygen atoms in total. The zero-order valence-corrected chi connectivity index (χ0v) is 17.2. The van der Waals surface area contributed by atoms with Crippen LogP contribution in [0.1, 0.15) is 29.6 Å². The second-order valence-corrected chi connectivity index (χ2v) is 7.83. The molecular weight excluding hydrogens is 364 g/mol. The van der Waals surface area contributed by atoms with E-state index in [1.807, 2.05) is 53.4 Å². The van der Waals surface area contributed by atoms with Gasteiger partial charge in [0.05, 0.1) is 13.2 Å². The van der Waals surface area contributed by atoms with Crippen LogP contribution < -0.4 is 4.74 Å². The van der Waals surface area contributed by atoms with E-state index in [9.17, 15) is 4.79 Å². The molecule has 0 spiro atoms. The van der Waals surface area contributed by atoms with Crippen LogP contribution in [0.2, 0.25) is 0 Å². The molecule has 1 atom stereocenters. The van der Waals surface area contributed by atoms with Crippen LogP contribution in [-0.2, 0) is 4.74 Å². The van der Waals surface area contributed by atoms with E-state index in [1.165, 1.54) is 6.42 Å². The summed E-state index contributed by atoms with van der Waals surface area (Å²) in [5, 5.41) is 0. The molecule has 2 aromatic rings. The van der Waals surface area contributed by atoms with E-state index in [2.05, 4.69) is 4.90 Å². The minimum atomic E-state index is 0.102. The van der Waals surface area contributed by atoms with Crippen LogP contribution >= 0.6 is 0 Å². The molecule has 2 fully saturated rings. The molecule has 2 heterocycles. The Morgan fingerprint density at radius 1 is 1.00 bits per heavy atom. The fraction of sp³-hybridized carbons (Fsp3) is 0.458. The molecule has 0 N–H and O–H groups in total. The van der Waals surface area contributed by atoms with Crippen LogP contribution in [0.4, 0.5) is 0 Å². The molecule has 2 aromatic carbocycles. The highest BCUT2D eigenvalue weighted by molar-refractivity contribution is 6.01. The highest BCUT2D eigenvalue weighted by Gasteiger charge is 2.25. The van der Waals surface area contributed by atoms with E-state index in [1.54, 1.807) is 7.11 Å². The summed E-state index contributed by atoms with van der Waals surface area (Å²) in [6.45, 7) is 5.36. The number of amides is 1. The van der Waals surface area contributed by atoms with Crippen molar-refractivity contribution in [2.45, 2.75) is 25.4 Å². The van der Waals surface area contributed by atoms with Gasteiger partial charge in [0.1, 0.15) is 5.75 Å². The van der Waals surface area contributed by atoms with Gasteiger partial charge in [0.25, 0.3) is 5.91 Å². The molecule has 1 amide bonds. The van der Waals surface area contributed by atoms with E-state index in [0.29, 0.717) is 6.10 Å². The zero-order chi connectivity index (χ0) is 20.1. The molecule has 0 saturated carbocycles. The fourth-order valence-electron chi connectivity index (χ4n) is 4.37. The Morgan fingerprint density at radius 3 is 2.59 bits per heavy atom. The number of carbonyl (C=O) groups excluding carboxylic acids is 1. The van der Waals surface area contributed by atoms with Crippen molar-refractivity contribution in [3.8, 4) is 16.9 Å². The number of ether oxygens (including phenoxy) is 2. The summed E-state index contributed by atoms with van der Waals surface area (Å²) in [7, 11) is 1.67. The molecule has 2 aliphatic heterocycles. The number of benzene rings is 2. The number of carbonyl (C=O) groups is 1. The van der Waals surface area contributed by atoms with Crippen LogP contribution in [0, 0.1) is 0 Å². The minimum absolute atomic E-state index is 0.102. The average Bonchev–Trinajstić information content (AvgIpc) is 3.17. The lowest BCUT2D eigenvalue weighted by atomic mass is 9.98. The summed E-state index contributed by atoms with van der Waals surface area (Å²) in [5.74, 6) is 0.886. The summed E-state index contributed by atoms with van der Waals surface area (Å²) < 4.78 is 11.3. The first-order chi connectivity index (χ1) is 14.3. The smallest absolute Gasteiger partial charge is 0.254 e. The van der Waals surface area contributed by atoms with Crippen molar-refractivity contribution >= 4 is 5.91 Å². The minimum Gasteiger partial charge on any atom is -0.496 e. The largest absolute Gasteiger partial charge is 0.496 e. The number of methoxy groups -OCH3 is 1. The number of hydrogen-bond acceptors (Lipinski definition) is 4. The predicted octanol–water partition coefficient (Wildman–Crippen LogP) is 3.69. The Balaban J connectivity index is 1.50. The quantitative estimate of drug-likeness (QED) is 0.776. The first-order valence-corrected chi connectivity index (χ1v) is 10.6. The van der Waals surface area contributed by atoms with Gasteiger partial charge in [-0.2, -0.15) is 0 Å². The molecule has 29 heavy (non-hydrogen) atoms. The molecular formula is C24H30N2O3. The molecule has 2 aliphatic rings. The van der Waals surface area contributed by atoms with E-state index < -0.39 is 0 Å². The SMILES string of the molecule is COc1ccccc1-c1ccccc1C(=O)N1CCCN(C[C@@H]2CCCO2)CC1. The fourth-order valence-corrected chi connectivity index (χ4v) is 4.37. The van der Waals surface area contributed by atoms with Gasteiger partial charge in [-0.1, -0.05) is 36.4 Å². The Morgan fingerprint density at radius 2 is 1.79 bits per heavy atom. The molecule has 0 aromatic heterocycles. The highest BCUT2D eigenvalue weighted by Crippen LogP contribution is 2.32. The van der Waals surface area contributed by atoms with Crippen molar-refractivity contribution in [2.24, 2.45) is 0 Å². The summed E-state index contributed by atoms with van der Waals surface area (Å²) >= 11 is 0. The summed E-state index contributed by atoms with van der Waals surface area (Å²) in [6.07, 6.45) is 3.69. The van der Waals surface area contributed by atoms with Crippen molar-refractivity contribution < 1.29 is 14.3 Å². The second kappa shape index (κ2) is 9.42. The van der Waals surface area contributed by atoms with Gasteiger partial charge in [-0.05, 0) is 43.5 Å². The lowest BCUT2D eigenvalue weighted by Gasteiger charge is -2.24. The van der Waals surface area contributed by atoms with Crippen molar-refractivity contribution in [2.75, 3.05) is 46.4 Å². The summed E-state index contributed by atoms with van der Waals surface area (Å²) in [6, 6.07) is 15.7. The van der Waals surface area contributed by atoms with Gasteiger partial charge < -0.3 is 14.4 Å². The van der Waals surface area contributed by atoms with Gasteiger partial charge in [-0.3, -0.25) is 9.69 Å². The number of para-hydroxylation sites is 1. The third-order valence-corrected chi connectivity index (χ3v) is 5.92. The molecule has 4 rings (SSSR count). The van der Waals surface area contributed by atoms with Gasteiger partial charge in [-0.15, -0.1) is 0 Å². The van der Waals surface area contributed by atoms with E-state index in [-0.39, 0.29) is 5.91 Å². The predicted molar refractivity (Wildman–Crippen MR) is 114 cm³/mol. The van der Waals surface area contributed by atoms with E-state index in [4.69, 9.17) is 9.47 Å². The van der Waals surface area contributed by atoms with Crippen molar-refractivity contribution in [1.82, 2.24) is 9.80 Å². The second-order valence-electron chi connectivity index (χ2n) is 7.83. The first kappa shape index (κ1) is 19.9. The Bertz CT molecular complexity index is 832. The molecule has 0 aliphatic carbocycles. The van der Waals surface area contributed by atoms with Crippen LogP contribution in [0.25, 0.3) is 11.1 Å². The lowest BCUT2D eigenvalue weighted by molar-refractivity contribution is 0.0704. The molecule has 5 heteroatoms. The third kappa shape index (κ3) is 4.62. The van der Waals surface area contributed by atoms with Crippen LogP contribution in [0.15, 0.2) is 48.5 Å². The highest BCUT2D eigenvalue weighted by atomic mass is 16.5. The van der Waals surface area contributed by atoms with Gasteiger partial charge in [0.15, 0.2) is 0 Å². The molecule has 0 radical (unpaired) electrons. The maximum absolute atomic E-state index is 13.4. The van der Waals surface area contributed by atoms with Crippen molar-refractivity contribution in [1.29, 1.82) is 0 Å². The Kier molecular flexibility index (Phi) is 6.47. The third-order valence-electron chi connectivity index (χ3n) is 5.92. The number of hydrogen-bond donors (Lipinski definition) is 0. The van der Waals surface area contributed by atoms with Gasteiger partial charge in [0, 0.05) is 43.9 Å². The summed E-state index contributed by atoms with van der Waals surface area (Å²) in [5.41, 5.74) is 2.62. The summed E-state index contributed by atoms with van der Waals surface area (Å²) in [4.78, 5) is 17.9. The van der Waals surface area contributed by atoms with Crippen molar-refractivity contribution in [3.63, 3.8) is 0 Å². The Labute approximate surface area is 173 Å². The topological polar surface area (TPSA) is 42.0 Å². The average molecular weight is 395 g/mol. The maximum Gasteiger partial charge on any atom is 0.254 e. The molecule has 0 unspecified atom stereocenters. The van der Waals surface area contributed by atoms with Crippen LogP contribution in [0.5, 0.6) is 5.75 Å². The lowest BCUT2D eigenvalue weighted by Crippen LogP contribution is -2.37. The van der Waals surface area contributed by atoms with Crippen molar-refractivity contribution in [3.05, 3.63) is 54.1 Å². The maximum atomic E-state index is 13.4. The zero-order valence-electron chi connectivity index (χ0n) is 17.2. The van der Waals surface area contributed by atoms with Crippen LogP contribution in [-0.4, -0.2) is 68.3 Å². The van der Waals surface area contributed by atoms with Gasteiger partial charge in [-0.25, -0.2) is 0 Å². The van der Waals surface area contributed by atoms with Gasteiger partial charge >= 0.3 is 0 Å². The van der Waals surface area contributed by atoms with E-state index in [0.717, 1.165) is 74.6 Å². The first-order valence-electron chi connectivity index (χ1n) is 10.6. The van der Waals surface area contributed by atoms with E-state index >= 15 is 0 Å². The Hall–Kier alpha value is -2.37. The normalized spacial score (nSPS) is 20.4. The molecule has 0 bridgehead atoms. The molecule has 2 saturated heterocycles. The monoisotopic (exact) mass is 394 g/mol. The van der Waals surface area contributed by atoms with Gasteiger partial charge in [0.2, 0.25) is 0 Å². The number of rotatable bonds is 5. The number of nitrogens with zero attached hydrogens (tertiary/aromatic N) is 2. The standard InChI is InChI=1S/C24H30N2O3/c1-28-23-12-5-4-10-21(23)20-9-2-3-11-22(20)24(27)26-14-7-13-25(15-16-26)18-19-8-6-17-29-19/h2-5,9-12,19H,6-8,13-18H2,1H3/t19-/m0/s1. The molecule has 154 valence electrons.